The number of allylic oxidation sites excluding steroid dienone is 2. The van der Waals surface area contributed by atoms with Crippen molar-refractivity contribution in [3.8, 4) is 5.75 Å². The number of ether oxygens (including phenoxy) is 1. The molecule has 3 unspecified atom stereocenters. The van der Waals surface area contributed by atoms with Crippen molar-refractivity contribution in [2.24, 2.45) is 18.9 Å². The summed E-state index contributed by atoms with van der Waals surface area (Å²) in [5.41, 5.74) is 3.30. The topological polar surface area (TPSA) is 101 Å². The van der Waals surface area contributed by atoms with Crippen molar-refractivity contribution in [1.82, 2.24) is 29.2 Å². The average molecular weight is 416 g/mol. The summed E-state index contributed by atoms with van der Waals surface area (Å²) in [5.74, 6) is 3.23. The molecule has 0 aliphatic heterocycles. The van der Waals surface area contributed by atoms with Crippen LogP contribution in [0, 0.1) is 11.8 Å². The maximum absolute atomic E-state index is 12.7. The van der Waals surface area contributed by atoms with Crippen molar-refractivity contribution in [3.63, 3.8) is 0 Å². The molecule has 0 N–H and O–H groups in total. The average Bonchev–Trinajstić information content (AvgIpc) is 3.21. The summed E-state index contributed by atoms with van der Waals surface area (Å²) in [7, 11) is 3.44. The van der Waals surface area contributed by atoms with E-state index in [1.165, 1.54) is 22.0 Å². The minimum atomic E-state index is -0.180. The van der Waals surface area contributed by atoms with Crippen molar-refractivity contribution < 1.29 is 9.26 Å². The van der Waals surface area contributed by atoms with E-state index in [-0.39, 0.29) is 18.0 Å². The van der Waals surface area contributed by atoms with Crippen LogP contribution in [0.5, 0.6) is 5.75 Å². The zero-order chi connectivity index (χ0) is 21.1. The van der Waals surface area contributed by atoms with Gasteiger partial charge in [0.05, 0.1) is 13.4 Å². The van der Waals surface area contributed by atoms with Gasteiger partial charge in [-0.1, -0.05) is 23.4 Å². The number of rotatable bonds is 5. The Morgan fingerprint density at radius 2 is 2.00 bits per heavy atom. The lowest BCUT2D eigenvalue weighted by atomic mass is 10.0. The standard InChI is InChI=1S/C22H20N6O3/c1-27-10-23-21-19(27)22(29)28(11-24-21)9-17-25-20(26-31-17)18-15-7-13(8-16(15)18)12-3-5-14(30-2)6-4-12/h3-7,10-11,15-16,18H,8-9H2,1-2H3. The second-order valence-electron chi connectivity index (χ2n) is 8.14. The Bertz CT molecular complexity index is 1380. The molecule has 0 bridgehead atoms. The van der Waals surface area contributed by atoms with Gasteiger partial charge < -0.3 is 13.8 Å². The number of fused-ring (bicyclic) bond motifs is 2. The molecule has 3 heterocycles. The molecule has 2 aliphatic rings. The van der Waals surface area contributed by atoms with Crippen LogP contribution in [-0.2, 0) is 13.6 Å². The molecule has 0 amide bonds. The number of aromatic nitrogens is 6. The van der Waals surface area contributed by atoms with Crippen LogP contribution < -0.4 is 10.3 Å². The molecule has 9 heteroatoms. The van der Waals surface area contributed by atoms with E-state index in [1.807, 2.05) is 12.1 Å². The molecule has 3 atom stereocenters. The molecule has 156 valence electrons. The van der Waals surface area contributed by atoms with Crippen LogP contribution in [-0.4, -0.2) is 36.4 Å². The maximum atomic E-state index is 12.7. The number of nitrogens with zero attached hydrogens (tertiary/aromatic N) is 6. The second kappa shape index (κ2) is 6.63. The number of hydrogen-bond donors (Lipinski definition) is 0. The minimum Gasteiger partial charge on any atom is -0.497 e. The van der Waals surface area contributed by atoms with E-state index in [2.05, 4.69) is 38.3 Å². The fraction of sp³-hybridized carbons (Fsp3) is 0.318. The molecule has 4 aromatic rings. The molecule has 1 saturated carbocycles. The molecule has 2 aliphatic carbocycles. The highest BCUT2D eigenvalue weighted by atomic mass is 16.5. The summed E-state index contributed by atoms with van der Waals surface area (Å²) in [6, 6.07) is 8.18. The Morgan fingerprint density at radius 3 is 2.74 bits per heavy atom. The highest BCUT2D eigenvalue weighted by Gasteiger charge is 2.55. The number of hydrogen-bond acceptors (Lipinski definition) is 7. The van der Waals surface area contributed by atoms with Crippen LogP contribution in [0.15, 0.2) is 52.3 Å². The molecule has 31 heavy (non-hydrogen) atoms. The van der Waals surface area contributed by atoms with Gasteiger partial charge >= 0.3 is 0 Å². The monoisotopic (exact) mass is 416 g/mol. The summed E-state index contributed by atoms with van der Waals surface area (Å²) in [4.78, 5) is 25.6. The van der Waals surface area contributed by atoms with E-state index >= 15 is 0 Å². The molecular weight excluding hydrogens is 396 g/mol. The molecule has 1 fully saturated rings. The highest BCUT2D eigenvalue weighted by Crippen LogP contribution is 2.62. The maximum Gasteiger partial charge on any atom is 0.280 e. The predicted molar refractivity (Wildman–Crippen MR) is 111 cm³/mol. The molecule has 0 spiro atoms. The van der Waals surface area contributed by atoms with Crippen LogP contribution >= 0.6 is 0 Å². The van der Waals surface area contributed by atoms with Gasteiger partial charge in [0.25, 0.3) is 5.56 Å². The van der Waals surface area contributed by atoms with Crippen LogP contribution in [0.1, 0.15) is 29.6 Å². The highest BCUT2D eigenvalue weighted by molar-refractivity contribution is 5.71. The fourth-order valence-electron chi connectivity index (χ4n) is 4.63. The summed E-state index contributed by atoms with van der Waals surface area (Å²) in [6.45, 7) is 0.189. The number of imidazole rings is 1. The SMILES string of the molecule is COc1ccc(C2=CC3C(C2)C3c2noc(Cn3cnc4ncn(C)c4c3=O)n2)cc1. The zero-order valence-electron chi connectivity index (χ0n) is 17.1. The van der Waals surface area contributed by atoms with Crippen LogP contribution in [0.4, 0.5) is 0 Å². The van der Waals surface area contributed by atoms with Gasteiger partial charge in [0, 0.05) is 13.0 Å². The fourth-order valence-corrected chi connectivity index (χ4v) is 4.63. The Labute approximate surface area is 177 Å². The quantitative estimate of drug-likeness (QED) is 0.492. The van der Waals surface area contributed by atoms with Crippen molar-refractivity contribution in [3.05, 3.63) is 70.6 Å². The van der Waals surface area contributed by atoms with Crippen molar-refractivity contribution in [2.45, 2.75) is 18.9 Å². The van der Waals surface area contributed by atoms with Gasteiger partial charge in [-0.25, -0.2) is 9.97 Å². The Hall–Kier alpha value is -3.75. The summed E-state index contributed by atoms with van der Waals surface area (Å²) in [6.07, 6.45) is 6.38. The van der Waals surface area contributed by atoms with E-state index in [1.54, 1.807) is 25.1 Å². The third-order valence-corrected chi connectivity index (χ3v) is 6.33. The number of aryl methyl sites for hydroxylation is 1. The molecular formula is C22H20N6O3. The minimum absolute atomic E-state index is 0.180. The summed E-state index contributed by atoms with van der Waals surface area (Å²) in [5, 5.41) is 4.19. The van der Waals surface area contributed by atoms with Gasteiger partial charge in [-0.15, -0.1) is 0 Å². The molecule has 0 saturated heterocycles. The molecule has 0 radical (unpaired) electrons. The number of benzene rings is 1. The van der Waals surface area contributed by atoms with Gasteiger partial charge in [0.1, 0.15) is 18.6 Å². The van der Waals surface area contributed by atoms with E-state index in [0.717, 1.165) is 18.0 Å². The third kappa shape index (κ3) is 2.88. The largest absolute Gasteiger partial charge is 0.497 e. The van der Waals surface area contributed by atoms with Crippen LogP contribution in [0.25, 0.3) is 16.7 Å². The lowest BCUT2D eigenvalue weighted by molar-refractivity contribution is 0.364. The van der Waals surface area contributed by atoms with Crippen molar-refractivity contribution in [2.75, 3.05) is 7.11 Å². The van der Waals surface area contributed by atoms with Gasteiger partial charge in [-0.3, -0.25) is 9.36 Å². The summed E-state index contributed by atoms with van der Waals surface area (Å²) >= 11 is 0. The summed E-state index contributed by atoms with van der Waals surface area (Å²) < 4.78 is 13.8. The van der Waals surface area contributed by atoms with Gasteiger partial charge in [-0.2, -0.15) is 4.98 Å². The van der Waals surface area contributed by atoms with E-state index in [0.29, 0.717) is 28.9 Å². The Kier molecular flexibility index (Phi) is 3.86. The lowest BCUT2D eigenvalue weighted by Crippen LogP contribution is -2.22. The Balaban J connectivity index is 1.18. The molecule has 1 aromatic carbocycles. The normalized spacial score (nSPS) is 21.9. The van der Waals surface area contributed by atoms with Gasteiger partial charge in [0.15, 0.2) is 17.0 Å². The first-order chi connectivity index (χ1) is 15.1. The van der Waals surface area contributed by atoms with E-state index < -0.39 is 0 Å². The Morgan fingerprint density at radius 1 is 1.19 bits per heavy atom. The van der Waals surface area contributed by atoms with Crippen molar-refractivity contribution >= 4 is 16.7 Å². The molecule has 3 aromatic heterocycles. The molecule has 9 nitrogen and oxygen atoms in total. The van der Waals surface area contributed by atoms with E-state index in [9.17, 15) is 4.79 Å². The first kappa shape index (κ1) is 18.1. The van der Waals surface area contributed by atoms with Crippen molar-refractivity contribution in [1.29, 1.82) is 0 Å². The van der Waals surface area contributed by atoms with Gasteiger partial charge in [-0.05, 0) is 41.5 Å². The zero-order valence-corrected chi connectivity index (χ0v) is 17.1. The van der Waals surface area contributed by atoms with Crippen LogP contribution in [0.2, 0.25) is 0 Å². The number of methoxy groups -OCH3 is 1. The smallest absolute Gasteiger partial charge is 0.280 e. The first-order valence-corrected chi connectivity index (χ1v) is 10.2. The van der Waals surface area contributed by atoms with Crippen LogP contribution in [0.3, 0.4) is 0 Å². The third-order valence-electron chi connectivity index (χ3n) is 6.33. The van der Waals surface area contributed by atoms with E-state index in [4.69, 9.17) is 9.26 Å². The first-order valence-electron chi connectivity index (χ1n) is 10.2. The predicted octanol–water partition coefficient (Wildman–Crippen LogP) is 2.39. The van der Waals surface area contributed by atoms with Gasteiger partial charge in [0.2, 0.25) is 5.89 Å². The lowest BCUT2D eigenvalue weighted by Gasteiger charge is -2.06. The molecule has 6 rings (SSSR count). The second-order valence-corrected chi connectivity index (χ2v) is 8.14.